The van der Waals surface area contributed by atoms with Crippen molar-refractivity contribution in [2.75, 3.05) is 26.6 Å². The molecule has 2 aliphatic rings. The highest BCUT2D eigenvalue weighted by atomic mass is 32.7. The van der Waals surface area contributed by atoms with Gasteiger partial charge in [-0.2, -0.15) is 0 Å². The van der Waals surface area contributed by atoms with E-state index in [1.807, 2.05) is 0 Å². The van der Waals surface area contributed by atoms with Gasteiger partial charge in [0.15, 0.2) is 6.54 Å². The van der Waals surface area contributed by atoms with Crippen LogP contribution in [0.15, 0.2) is 0 Å². The SMILES string of the molecule is [B][C@@H]1O[C@@]2(COC)COC1C2OP(=C)(O)SC. The van der Waals surface area contributed by atoms with E-state index in [1.54, 1.807) is 13.4 Å². The highest BCUT2D eigenvalue weighted by Gasteiger charge is 2.61. The van der Waals surface area contributed by atoms with Crippen molar-refractivity contribution >= 4 is 32.1 Å². The van der Waals surface area contributed by atoms with Crippen LogP contribution in [0.1, 0.15) is 0 Å². The van der Waals surface area contributed by atoms with Crippen molar-refractivity contribution in [2.24, 2.45) is 0 Å². The van der Waals surface area contributed by atoms with Gasteiger partial charge in [0.2, 0.25) is 0 Å². The van der Waals surface area contributed by atoms with Gasteiger partial charge in [0.1, 0.15) is 25.7 Å². The first kappa shape index (κ1) is 13.9. The van der Waals surface area contributed by atoms with Gasteiger partial charge in [0.25, 0.3) is 0 Å². The average molecular weight is 278 g/mol. The van der Waals surface area contributed by atoms with Gasteiger partial charge < -0.3 is 23.6 Å². The van der Waals surface area contributed by atoms with E-state index in [4.69, 9.17) is 26.6 Å². The molecule has 2 heterocycles. The lowest BCUT2D eigenvalue weighted by Gasteiger charge is -2.31. The van der Waals surface area contributed by atoms with Crippen LogP contribution in [0.5, 0.6) is 0 Å². The van der Waals surface area contributed by atoms with E-state index in [-0.39, 0.29) is 6.10 Å². The van der Waals surface area contributed by atoms with Gasteiger partial charge in [-0.15, -0.1) is 0 Å². The fraction of sp³-hybridized carbons (Fsp3) is 0.889. The maximum Gasteiger partial charge on any atom is 0.172 e. The zero-order chi connectivity index (χ0) is 12.7. The van der Waals surface area contributed by atoms with Crippen LogP contribution in [-0.2, 0) is 18.7 Å². The molecule has 0 aromatic heterocycles. The topological polar surface area (TPSA) is 57.2 Å². The number of hydrogen-bond donors (Lipinski definition) is 1. The second kappa shape index (κ2) is 4.89. The number of fused-ring (bicyclic) bond motifs is 2. The zero-order valence-electron chi connectivity index (χ0n) is 9.87. The molecule has 2 rings (SSSR count). The van der Waals surface area contributed by atoms with Crippen LogP contribution >= 0.6 is 17.9 Å². The third-order valence-electron chi connectivity index (χ3n) is 2.98. The number of methoxy groups -OCH3 is 1. The van der Waals surface area contributed by atoms with Crippen LogP contribution < -0.4 is 0 Å². The molecule has 2 fully saturated rings. The summed E-state index contributed by atoms with van der Waals surface area (Å²) >= 11 is 1.20. The minimum atomic E-state index is -2.70. The summed E-state index contributed by atoms with van der Waals surface area (Å²) in [6.07, 6.45) is 4.63. The standard InChI is InChI=1S/C9H16BO5PS/c1-12-4-9-5-13-6(8(10)14-9)7(9)15-16(2,11)17-3/h6-8,11H,2,4-5H2,1,3H3/t6?,7?,8-,9+,16?/m1/s1. The molecular formula is C9H16BO5PS. The summed E-state index contributed by atoms with van der Waals surface area (Å²) in [5.74, 6) is 0. The molecule has 2 bridgehead atoms. The van der Waals surface area contributed by atoms with Gasteiger partial charge in [0, 0.05) is 13.1 Å². The molecule has 0 saturated carbocycles. The van der Waals surface area contributed by atoms with Crippen LogP contribution in [-0.4, -0.2) is 69.4 Å². The molecule has 1 N–H and O–H groups in total. The number of hydrogen-bond acceptors (Lipinski definition) is 6. The van der Waals surface area contributed by atoms with Crippen LogP contribution in [0.3, 0.4) is 0 Å². The molecule has 2 radical (unpaired) electrons. The van der Waals surface area contributed by atoms with Gasteiger partial charge in [-0.3, -0.25) is 0 Å². The summed E-state index contributed by atoms with van der Waals surface area (Å²) in [4.78, 5) is 9.96. The lowest BCUT2D eigenvalue weighted by atomic mass is 9.92. The third-order valence-corrected chi connectivity index (χ3v) is 6.08. The van der Waals surface area contributed by atoms with Crippen LogP contribution in [0, 0.1) is 0 Å². The quantitative estimate of drug-likeness (QED) is 0.574. The summed E-state index contributed by atoms with van der Waals surface area (Å²) < 4.78 is 22.0. The molecule has 0 amide bonds. The van der Waals surface area contributed by atoms with Crippen molar-refractivity contribution < 1.29 is 23.6 Å². The predicted octanol–water partition coefficient (Wildman–Crippen LogP) is 0.230. The Balaban J connectivity index is 2.18. The van der Waals surface area contributed by atoms with Crippen molar-refractivity contribution in [2.45, 2.75) is 23.8 Å². The van der Waals surface area contributed by atoms with E-state index in [1.165, 1.54) is 11.4 Å². The van der Waals surface area contributed by atoms with Gasteiger partial charge >= 0.3 is 0 Å². The maximum absolute atomic E-state index is 9.96. The highest BCUT2D eigenvalue weighted by molar-refractivity contribution is 8.57. The number of ether oxygens (including phenoxy) is 3. The van der Waals surface area contributed by atoms with Crippen molar-refractivity contribution in [3.05, 3.63) is 0 Å². The molecule has 0 spiro atoms. The molecule has 0 aromatic rings. The van der Waals surface area contributed by atoms with Gasteiger partial charge in [0.05, 0.1) is 13.2 Å². The Kier molecular flexibility index (Phi) is 4.01. The minimum Gasteiger partial charge on any atom is -0.381 e. The van der Waals surface area contributed by atoms with Crippen molar-refractivity contribution in [1.82, 2.24) is 0 Å². The van der Waals surface area contributed by atoms with E-state index in [9.17, 15) is 4.89 Å². The van der Waals surface area contributed by atoms with Crippen LogP contribution in [0.2, 0.25) is 0 Å². The molecule has 17 heavy (non-hydrogen) atoms. The van der Waals surface area contributed by atoms with Crippen molar-refractivity contribution in [1.29, 1.82) is 0 Å². The molecule has 5 nitrogen and oxygen atoms in total. The molecule has 3 unspecified atom stereocenters. The molecule has 5 atom stereocenters. The second-order valence-corrected chi connectivity index (χ2v) is 8.86. The van der Waals surface area contributed by atoms with E-state index in [2.05, 4.69) is 6.30 Å². The minimum absolute atomic E-state index is 0.316. The smallest absolute Gasteiger partial charge is 0.172 e. The molecule has 2 saturated heterocycles. The molecule has 8 heteroatoms. The summed E-state index contributed by atoms with van der Waals surface area (Å²) in [6, 6.07) is -0.550. The second-order valence-electron chi connectivity index (χ2n) is 4.20. The van der Waals surface area contributed by atoms with Gasteiger partial charge in [-0.1, -0.05) is 11.4 Å². The fourth-order valence-electron chi connectivity index (χ4n) is 2.19. The highest BCUT2D eigenvalue weighted by Crippen LogP contribution is 2.58. The van der Waals surface area contributed by atoms with Crippen LogP contribution in [0.25, 0.3) is 0 Å². The lowest BCUT2D eigenvalue weighted by Crippen LogP contribution is -2.45. The maximum atomic E-state index is 9.96. The van der Waals surface area contributed by atoms with E-state index >= 15 is 0 Å². The van der Waals surface area contributed by atoms with Gasteiger partial charge in [-0.25, -0.2) is 0 Å². The van der Waals surface area contributed by atoms with Crippen molar-refractivity contribution in [3.8, 4) is 0 Å². The Morgan fingerprint density at radius 1 is 1.71 bits per heavy atom. The molecular weight excluding hydrogens is 262 g/mol. The van der Waals surface area contributed by atoms with Crippen molar-refractivity contribution in [3.63, 3.8) is 0 Å². The lowest BCUT2D eigenvalue weighted by molar-refractivity contribution is -0.140. The monoisotopic (exact) mass is 278 g/mol. The zero-order valence-corrected chi connectivity index (χ0v) is 11.6. The molecule has 0 aliphatic carbocycles. The summed E-state index contributed by atoms with van der Waals surface area (Å²) in [5, 5.41) is 0. The Morgan fingerprint density at radius 2 is 2.41 bits per heavy atom. The first-order chi connectivity index (χ1) is 7.94. The van der Waals surface area contributed by atoms with E-state index in [0.29, 0.717) is 13.2 Å². The average Bonchev–Trinajstić information content (AvgIpc) is 2.69. The fourth-order valence-corrected chi connectivity index (χ4v) is 3.48. The normalized spacial score (nSPS) is 43.8. The number of rotatable bonds is 5. The molecule has 96 valence electrons. The molecule has 2 aliphatic heterocycles. The van der Waals surface area contributed by atoms with Gasteiger partial charge in [-0.05, 0) is 12.6 Å². The largest absolute Gasteiger partial charge is 0.381 e. The van der Waals surface area contributed by atoms with Crippen LogP contribution in [0.4, 0.5) is 0 Å². The van der Waals surface area contributed by atoms with E-state index < -0.39 is 24.3 Å². The Labute approximate surface area is 106 Å². The Bertz CT molecular complexity index is 343. The summed E-state index contributed by atoms with van der Waals surface area (Å²) in [7, 11) is 7.38. The summed E-state index contributed by atoms with van der Waals surface area (Å²) in [6.45, 7) is -2.03. The first-order valence-electron chi connectivity index (χ1n) is 5.18. The Morgan fingerprint density at radius 3 is 2.94 bits per heavy atom. The first-order valence-corrected chi connectivity index (χ1v) is 8.86. The molecule has 0 aromatic carbocycles. The Hall–Kier alpha value is 0.515. The summed E-state index contributed by atoms with van der Waals surface area (Å²) in [5.41, 5.74) is -0.722. The van der Waals surface area contributed by atoms with E-state index in [0.717, 1.165) is 0 Å². The predicted molar refractivity (Wildman–Crippen MR) is 69.6 cm³/mol. The third kappa shape index (κ3) is 2.47.